The number of benzene rings is 1. The predicted octanol–water partition coefficient (Wildman–Crippen LogP) is 2.60. The van der Waals surface area contributed by atoms with E-state index in [1.807, 2.05) is 21.1 Å². The Kier molecular flexibility index (Phi) is 2.64. The Labute approximate surface area is 95.4 Å². The molecule has 0 amide bonds. The van der Waals surface area contributed by atoms with E-state index in [0.717, 1.165) is 22.7 Å². The van der Waals surface area contributed by atoms with E-state index in [1.54, 1.807) is 0 Å². The van der Waals surface area contributed by atoms with Crippen molar-refractivity contribution in [2.24, 2.45) is 0 Å². The molecule has 0 fully saturated rings. The number of aromatic amines is 1. The normalized spacial score (nSPS) is 10.5. The summed E-state index contributed by atoms with van der Waals surface area (Å²) in [6.45, 7) is 2.11. The van der Waals surface area contributed by atoms with E-state index in [-0.39, 0.29) is 0 Å². The van der Waals surface area contributed by atoms with Gasteiger partial charge in [0, 0.05) is 32.2 Å². The monoisotopic (exact) mass is 218 g/mol. The predicted molar refractivity (Wildman–Crippen MR) is 71.7 cm³/mol. The minimum atomic E-state index is 1.07. The minimum Gasteiger partial charge on any atom is -0.388 e. The van der Waals surface area contributed by atoms with Crippen molar-refractivity contribution in [3.63, 3.8) is 0 Å². The van der Waals surface area contributed by atoms with Gasteiger partial charge in [-0.3, -0.25) is 0 Å². The molecule has 2 aromatic rings. The minimum absolute atomic E-state index is 1.07. The van der Waals surface area contributed by atoms with Gasteiger partial charge >= 0.3 is 0 Å². The van der Waals surface area contributed by atoms with Gasteiger partial charge in [0.15, 0.2) is 0 Å². The van der Waals surface area contributed by atoms with Crippen molar-refractivity contribution in [1.29, 1.82) is 0 Å². The van der Waals surface area contributed by atoms with Crippen LogP contribution >= 0.6 is 0 Å². The summed E-state index contributed by atoms with van der Waals surface area (Å²) in [7, 11) is 5.79. The highest BCUT2D eigenvalue weighted by Gasteiger charge is 2.10. The van der Waals surface area contributed by atoms with Crippen molar-refractivity contribution in [2.75, 3.05) is 37.1 Å². The van der Waals surface area contributed by atoms with Gasteiger partial charge in [0.05, 0.1) is 11.2 Å². The van der Waals surface area contributed by atoms with E-state index in [1.165, 1.54) is 10.9 Å². The van der Waals surface area contributed by atoms with Crippen molar-refractivity contribution >= 4 is 28.1 Å². The molecule has 86 valence electrons. The number of aryl methyl sites for hydroxylation is 1. The molecule has 4 heteroatoms. The van der Waals surface area contributed by atoms with E-state index in [2.05, 4.69) is 40.0 Å². The highest BCUT2D eigenvalue weighted by atomic mass is 15.0. The molecule has 0 aliphatic rings. The molecule has 0 aliphatic carbocycles. The number of rotatable bonds is 3. The molecular formula is C12H18N4. The van der Waals surface area contributed by atoms with Crippen LogP contribution in [0.3, 0.4) is 0 Å². The van der Waals surface area contributed by atoms with Crippen molar-refractivity contribution in [3.8, 4) is 0 Å². The molecule has 1 aromatic carbocycles. The zero-order chi connectivity index (χ0) is 11.7. The van der Waals surface area contributed by atoms with Crippen LogP contribution in [0.2, 0.25) is 0 Å². The third-order valence-corrected chi connectivity index (χ3v) is 2.98. The van der Waals surface area contributed by atoms with E-state index < -0.39 is 0 Å². The third kappa shape index (κ3) is 1.46. The van der Waals surface area contributed by atoms with Gasteiger partial charge in [-0.05, 0) is 24.6 Å². The topological polar surface area (TPSA) is 51.9 Å². The lowest BCUT2D eigenvalue weighted by Crippen LogP contribution is -1.93. The number of aromatic nitrogens is 1. The van der Waals surface area contributed by atoms with Crippen molar-refractivity contribution in [3.05, 3.63) is 17.7 Å². The van der Waals surface area contributed by atoms with Crippen LogP contribution in [0.4, 0.5) is 17.2 Å². The largest absolute Gasteiger partial charge is 0.388 e. The third-order valence-electron chi connectivity index (χ3n) is 2.98. The summed E-state index contributed by atoms with van der Waals surface area (Å²) in [5.41, 5.74) is 4.60. The first-order valence-electron chi connectivity index (χ1n) is 5.40. The Hall–Kier alpha value is -1.84. The first-order valence-corrected chi connectivity index (χ1v) is 5.40. The second kappa shape index (κ2) is 3.96. The molecule has 0 bridgehead atoms. The maximum atomic E-state index is 3.38. The van der Waals surface area contributed by atoms with Crippen LogP contribution in [0.1, 0.15) is 5.56 Å². The second-order valence-electron chi connectivity index (χ2n) is 3.82. The van der Waals surface area contributed by atoms with Crippen LogP contribution in [-0.4, -0.2) is 26.1 Å². The van der Waals surface area contributed by atoms with Crippen molar-refractivity contribution in [1.82, 2.24) is 4.98 Å². The molecule has 4 nitrogen and oxygen atoms in total. The summed E-state index contributed by atoms with van der Waals surface area (Å²) in [4.78, 5) is 3.38. The number of anilines is 3. The lowest BCUT2D eigenvalue weighted by Gasteiger charge is -2.06. The smallest absolute Gasteiger partial charge is 0.107 e. The lowest BCUT2D eigenvalue weighted by molar-refractivity contribution is 1.34. The first-order chi connectivity index (χ1) is 7.71. The molecule has 16 heavy (non-hydrogen) atoms. The van der Waals surface area contributed by atoms with Crippen LogP contribution in [0, 0.1) is 6.92 Å². The summed E-state index contributed by atoms with van der Waals surface area (Å²) in [6.07, 6.45) is 0. The van der Waals surface area contributed by atoms with Gasteiger partial charge in [0.1, 0.15) is 5.82 Å². The summed E-state index contributed by atoms with van der Waals surface area (Å²) in [5, 5.41) is 10.8. The van der Waals surface area contributed by atoms with E-state index >= 15 is 0 Å². The Bertz CT molecular complexity index is 513. The van der Waals surface area contributed by atoms with Crippen LogP contribution in [-0.2, 0) is 0 Å². The number of nitrogens with one attached hydrogen (secondary N) is 4. The molecule has 2 rings (SSSR count). The van der Waals surface area contributed by atoms with Gasteiger partial charge in [-0.1, -0.05) is 0 Å². The SMILES string of the molecule is CNc1cc(NC)c2[nH]c(NC)c(C)c2c1. The summed E-state index contributed by atoms with van der Waals surface area (Å²) >= 11 is 0. The molecule has 1 heterocycles. The quantitative estimate of drug-likeness (QED) is 0.640. The fraction of sp³-hybridized carbons (Fsp3) is 0.333. The maximum Gasteiger partial charge on any atom is 0.107 e. The molecule has 0 aliphatic heterocycles. The molecule has 0 saturated heterocycles. The van der Waals surface area contributed by atoms with Gasteiger partial charge in [-0.15, -0.1) is 0 Å². The van der Waals surface area contributed by atoms with Gasteiger partial charge in [0.25, 0.3) is 0 Å². The summed E-state index contributed by atoms with van der Waals surface area (Å²) in [6, 6.07) is 4.25. The Morgan fingerprint density at radius 3 is 2.31 bits per heavy atom. The van der Waals surface area contributed by atoms with Gasteiger partial charge in [-0.25, -0.2) is 0 Å². The molecule has 0 spiro atoms. The lowest BCUT2D eigenvalue weighted by atomic mass is 10.1. The van der Waals surface area contributed by atoms with E-state index in [9.17, 15) is 0 Å². The van der Waals surface area contributed by atoms with Crippen LogP contribution in [0.15, 0.2) is 12.1 Å². The van der Waals surface area contributed by atoms with Gasteiger partial charge in [-0.2, -0.15) is 0 Å². The van der Waals surface area contributed by atoms with Crippen molar-refractivity contribution < 1.29 is 0 Å². The zero-order valence-electron chi connectivity index (χ0n) is 10.2. The van der Waals surface area contributed by atoms with Crippen LogP contribution < -0.4 is 16.0 Å². The molecule has 0 radical (unpaired) electrons. The maximum absolute atomic E-state index is 3.38. The summed E-state index contributed by atoms with van der Waals surface area (Å²) in [5.74, 6) is 1.07. The van der Waals surface area contributed by atoms with Crippen LogP contribution in [0.5, 0.6) is 0 Å². The number of hydrogen-bond acceptors (Lipinski definition) is 3. The summed E-state index contributed by atoms with van der Waals surface area (Å²) < 4.78 is 0. The number of fused-ring (bicyclic) bond motifs is 1. The zero-order valence-corrected chi connectivity index (χ0v) is 10.2. The standard InChI is InChI=1S/C12H18N4/c1-7-9-5-8(13-2)6-10(14-3)11(9)16-12(7)15-4/h5-6,13-16H,1-4H3. The average molecular weight is 218 g/mol. The van der Waals surface area contributed by atoms with E-state index in [0.29, 0.717) is 0 Å². The van der Waals surface area contributed by atoms with E-state index in [4.69, 9.17) is 0 Å². The van der Waals surface area contributed by atoms with Crippen LogP contribution in [0.25, 0.3) is 10.9 Å². The highest BCUT2D eigenvalue weighted by molar-refractivity contribution is 5.99. The molecule has 1 aromatic heterocycles. The molecule has 4 N–H and O–H groups in total. The molecular weight excluding hydrogens is 200 g/mol. The molecule has 0 unspecified atom stereocenters. The molecule has 0 saturated carbocycles. The Morgan fingerprint density at radius 1 is 1.00 bits per heavy atom. The first kappa shape index (κ1) is 10.7. The second-order valence-corrected chi connectivity index (χ2v) is 3.82. The number of hydrogen-bond donors (Lipinski definition) is 4. The fourth-order valence-corrected chi connectivity index (χ4v) is 2.02. The average Bonchev–Trinajstić information content (AvgIpc) is 2.65. The Morgan fingerprint density at radius 2 is 1.75 bits per heavy atom. The number of H-pyrrole nitrogens is 1. The fourth-order valence-electron chi connectivity index (χ4n) is 2.02. The van der Waals surface area contributed by atoms with Gasteiger partial charge in [0.2, 0.25) is 0 Å². The highest BCUT2D eigenvalue weighted by Crippen LogP contribution is 2.33. The Balaban J connectivity index is 2.76. The van der Waals surface area contributed by atoms with Gasteiger partial charge < -0.3 is 20.9 Å². The molecule has 0 atom stereocenters. The van der Waals surface area contributed by atoms with Crippen molar-refractivity contribution in [2.45, 2.75) is 6.92 Å².